The Bertz CT molecular complexity index is 944. The van der Waals surface area contributed by atoms with Gasteiger partial charge in [-0.25, -0.2) is 9.97 Å². The van der Waals surface area contributed by atoms with E-state index < -0.39 is 0 Å². The molecule has 0 unspecified atom stereocenters. The van der Waals surface area contributed by atoms with Crippen molar-refractivity contribution in [2.45, 2.75) is 31.8 Å². The highest BCUT2D eigenvalue weighted by molar-refractivity contribution is 5.84. The Morgan fingerprint density at radius 3 is 2.64 bits per heavy atom. The summed E-state index contributed by atoms with van der Waals surface area (Å²) < 4.78 is 5.89. The molecule has 1 aromatic carbocycles. The number of nitrogens with zero attached hydrogens (tertiary/aromatic N) is 4. The van der Waals surface area contributed by atoms with Gasteiger partial charge in [-0.2, -0.15) is 10.2 Å². The number of fused-ring (bicyclic) bond motifs is 1. The molecule has 1 N–H and O–H groups in total. The number of anilines is 2. The van der Waals surface area contributed by atoms with Crippen LogP contribution < -0.4 is 10.1 Å². The van der Waals surface area contributed by atoms with Crippen molar-refractivity contribution in [1.82, 2.24) is 15.0 Å². The molecule has 1 aliphatic rings. The molecule has 1 saturated carbocycles. The van der Waals surface area contributed by atoms with Crippen molar-refractivity contribution in [3.63, 3.8) is 0 Å². The highest BCUT2D eigenvalue weighted by Crippen LogP contribution is 2.26. The zero-order valence-electron chi connectivity index (χ0n) is 13.6. The van der Waals surface area contributed by atoms with Crippen molar-refractivity contribution < 1.29 is 4.74 Å². The number of hydrogen-bond donors (Lipinski definition) is 1. The third-order valence-electron chi connectivity index (χ3n) is 4.31. The molecule has 25 heavy (non-hydrogen) atoms. The number of nitriles is 1. The van der Waals surface area contributed by atoms with Gasteiger partial charge in [0, 0.05) is 11.6 Å². The molecule has 4 rings (SSSR count). The Morgan fingerprint density at radius 2 is 1.84 bits per heavy atom. The van der Waals surface area contributed by atoms with Gasteiger partial charge in [-0.05, 0) is 37.1 Å². The second-order valence-electron chi connectivity index (χ2n) is 6.09. The lowest BCUT2D eigenvalue weighted by molar-refractivity contribution is 0.200. The van der Waals surface area contributed by atoms with Gasteiger partial charge in [0.1, 0.15) is 18.0 Å². The molecule has 2 aromatic heterocycles. The van der Waals surface area contributed by atoms with Crippen molar-refractivity contribution in [1.29, 1.82) is 5.26 Å². The summed E-state index contributed by atoms with van der Waals surface area (Å²) in [6.45, 7) is 0. The van der Waals surface area contributed by atoms with Crippen LogP contribution in [0.15, 0.2) is 42.7 Å². The second kappa shape index (κ2) is 6.73. The summed E-state index contributed by atoms with van der Waals surface area (Å²) in [6.07, 6.45) is 7.75. The Hall–Kier alpha value is -3.20. The van der Waals surface area contributed by atoms with Crippen LogP contribution in [0.25, 0.3) is 10.8 Å². The minimum Gasteiger partial charge on any atom is -0.472 e. The van der Waals surface area contributed by atoms with E-state index in [9.17, 15) is 5.26 Å². The Kier molecular flexibility index (Phi) is 4.13. The lowest BCUT2D eigenvalue weighted by atomic mass is 10.2. The van der Waals surface area contributed by atoms with Crippen molar-refractivity contribution >= 4 is 22.4 Å². The summed E-state index contributed by atoms with van der Waals surface area (Å²) in [5.74, 6) is 1.47. The van der Waals surface area contributed by atoms with E-state index in [1.54, 1.807) is 0 Å². The smallest absolute Gasteiger partial charge is 0.253 e. The van der Waals surface area contributed by atoms with Gasteiger partial charge in [-0.1, -0.05) is 24.3 Å². The van der Waals surface area contributed by atoms with Crippen molar-refractivity contribution in [3.8, 4) is 11.9 Å². The van der Waals surface area contributed by atoms with Crippen LogP contribution in [-0.4, -0.2) is 21.1 Å². The molecular formula is C19H17N5O. The molecule has 0 radical (unpaired) electrons. The van der Waals surface area contributed by atoms with Gasteiger partial charge in [0.2, 0.25) is 5.69 Å². The summed E-state index contributed by atoms with van der Waals surface area (Å²) in [5, 5.41) is 14.5. The first-order chi connectivity index (χ1) is 12.3. The molecule has 124 valence electrons. The van der Waals surface area contributed by atoms with Crippen molar-refractivity contribution in [2.24, 2.45) is 0 Å². The first-order valence-corrected chi connectivity index (χ1v) is 8.37. The van der Waals surface area contributed by atoms with E-state index >= 15 is 0 Å². The van der Waals surface area contributed by atoms with Crippen LogP contribution in [0.4, 0.5) is 11.6 Å². The predicted molar refractivity (Wildman–Crippen MR) is 94.7 cm³/mol. The predicted octanol–water partition coefficient (Wildman–Crippen LogP) is 3.96. The summed E-state index contributed by atoms with van der Waals surface area (Å²) in [5.41, 5.74) is 0.212. The molecule has 0 bridgehead atoms. The van der Waals surface area contributed by atoms with Crippen LogP contribution in [-0.2, 0) is 0 Å². The number of hydrogen-bond acceptors (Lipinski definition) is 6. The molecule has 0 aliphatic heterocycles. The molecule has 1 fully saturated rings. The van der Waals surface area contributed by atoms with Gasteiger partial charge in [0.05, 0.1) is 6.20 Å². The molecule has 0 spiro atoms. The number of aromatic nitrogens is 3. The minimum atomic E-state index is 0.121. The average molecular weight is 331 g/mol. The second-order valence-corrected chi connectivity index (χ2v) is 6.09. The summed E-state index contributed by atoms with van der Waals surface area (Å²) in [4.78, 5) is 13.0. The highest BCUT2D eigenvalue weighted by Gasteiger charge is 2.20. The van der Waals surface area contributed by atoms with E-state index in [0.29, 0.717) is 17.5 Å². The molecule has 3 aromatic rings. The number of benzene rings is 1. The zero-order valence-corrected chi connectivity index (χ0v) is 13.6. The Balaban J connectivity index is 1.59. The lowest BCUT2D eigenvalue weighted by Gasteiger charge is -2.14. The van der Waals surface area contributed by atoms with E-state index in [1.165, 1.54) is 6.20 Å². The van der Waals surface area contributed by atoms with Gasteiger partial charge >= 0.3 is 0 Å². The van der Waals surface area contributed by atoms with Gasteiger partial charge in [0.15, 0.2) is 5.82 Å². The summed E-state index contributed by atoms with van der Waals surface area (Å²) >= 11 is 0. The van der Waals surface area contributed by atoms with Crippen molar-refractivity contribution in [2.75, 3.05) is 5.32 Å². The monoisotopic (exact) mass is 331 g/mol. The zero-order chi connectivity index (χ0) is 17.1. The molecule has 0 amide bonds. The Morgan fingerprint density at radius 1 is 1.04 bits per heavy atom. The highest BCUT2D eigenvalue weighted by atomic mass is 16.5. The van der Waals surface area contributed by atoms with Crippen LogP contribution >= 0.6 is 0 Å². The SMILES string of the molecule is N#Cc1ncc(Nc2cc3ccccc3cn2)nc1OC1CCCC1. The average Bonchev–Trinajstić information content (AvgIpc) is 3.15. The van der Waals surface area contributed by atoms with Gasteiger partial charge in [0.25, 0.3) is 5.88 Å². The number of ether oxygens (including phenoxy) is 1. The molecule has 6 heteroatoms. The quantitative estimate of drug-likeness (QED) is 0.779. The third kappa shape index (κ3) is 3.36. The largest absolute Gasteiger partial charge is 0.472 e. The maximum absolute atomic E-state index is 9.23. The van der Waals surface area contributed by atoms with E-state index in [-0.39, 0.29) is 11.8 Å². The van der Waals surface area contributed by atoms with E-state index in [2.05, 4.69) is 20.3 Å². The van der Waals surface area contributed by atoms with Gasteiger partial charge in [-0.15, -0.1) is 0 Å². The van der Waals surface area contributed by atoms with Crippen LogP contribution in [0.2, 0.25) is 0 Å². The fourth-order valence-corrected chi connectivity index (χ4v) is 3.04. The van der Waals surface area contributed by atoms with Crippen LogP contribution in [0.5, 0.6) is 5.88 Å². The maximum atomic E-state index is 9.23. The fraction of sp³-hybridized carbons (Fsp3) is 0.263. The van der Waals surface area contributed by atoms with E-state index in [0.717, 1.165) is 36.5 Å². The molecule has 6 nitrogen and oxygen atoms in total. The van der Waals surface area contributed by atoms with Crippen molar-refractivity contribution in [3.05, 3.63) is 48.4 Å². The van der Waals surface area contributed by atoms with Crippen LogP contribution in [0.3, 0.4) is 0 Å². The summed E-state index contributed by atoms with van der Waals surface area (Å²) in [7, 11) is 0. The first kappa shape index (κ1) is 15.3. The number of nitrogens with one attached hydrogen (secondary N) is 1. The summed E-state index contributed by atoms with van der Waals surface area (Å²) in [6, 6.07) is 12.0. The fourth-order valence-electron chi connectivity index (χ4n) is 3.04. The van der Waals surface area contributed by atoms with Gasteiger partial charge < -0.3 is 10.1 Å². The molecule has 1 aliphatic carbocycles. The van der Waals surface area contributed by atoms with Gasteiger partial charge in [-0.3, -0.25) is 0 Å². The number of rotatable bonds is 4. The standard InChI is InChI=1S/C19H17N5O/c20-10-16-19(25-15-7-3-4-8-15)24-18(12-21-16)23-17-9-13-5-1-2-6-14(13)11-22-17/h1-2,5-6,9,11-12,15H,3-4,7-8H2,(H,22,23,24). The van der Waals surface area contributed by atoms with E-state index in [1.807, 2.05) is 42.6 Å². The first-order valence-electron chi connectivity index (χ1n) is 8.37. The molecular weight excluding hydrogens is 314 g/mol. The third-order valence-corrected chi connectivity index (χ3v) is 4.31. The molecule has 0 saturated heterocycles. The number of pyridine rings is 1. The Labute approximate surface area is 145 Å². The topological polar surface area (TPSA) is 83.7 Å². The van der Waals surface area contributed by atoms with Crippen LogP contribution in [0.1, 0.15) is 31.4 Å². The lowest BCUT2D eigenvalue weighted by Crippen LogP contribution is -2.14. The molecule has 2 heterocycles. The van der Waals surface area contributed by atoms with Crippen LogP contribution in [0, 0.1) is 11.3 Å². The normalized spacial score (nSPS) is 14.4. The maximum Gasteiger partial charge on any atom is 0.253 e. The van der Waals surface area contributed by atoms with E-state index in [4.69, 9.17) is 4.74 Å². The minimum absolute atomic E-state index is 0.121. The molecule has 0 atom stereocenters.